The fourth-order valence-corrected chi connectivity index (χ4v) is 3.41. The summed E-state index contributed by atoms with van der Waals surface area (Å²) in [6.07, 6.45) is 3.66. The van der Waals surface area contributed by atoms with Crippen molar-refractivity contribution in [3.63, 3.8) is 0 Å². The van der Waals surface area contributed by atoms with Gasteiger partial charge >= 0.3 is 0 Å². The van der Waals surface area contributed by atoms with Gasteiger partial charge in [-0.25, -0.2) is 0 Å². The van der Waals surface area contributed by atoms with Crippen LogP contribution in [0.3, 0.4) is 0 Å². The fourth-order valence-electron chi connectivity index (χ4n) is 3.41. The standard InChI is InChI=1S/C18H25NO2/c1-4-14-15-8-5-6-9-17(15)21-18(14)13(3)19-12(2)16-10-7-11-20-16/h5-6,8-9,12-13,16,19H,4,7,10-11H2,1-3H3. The first kappa shape index (κ1) is 14.6. The number of rotatable bonds is 5. The lowest BCUT2D eigenvalue weighted by atomic mass is 10.0. The molecule has 0 radical (unpaired) electrons. The largest absolute Gasteiger partial charge is 0.459 e. The van der Waals surface area contributed by atoms with Crippen LogP contribution in [0.25, 0.3) is 11.0 Å². The Bertz CT molecular complexity index is 598. The van der Waals surface area contributed by atoms with Crippen molar-refractivity contribution in [2.75, 3.05) is 6.61 Å². The third kappa shape index (κ3) is 2.85. The average molecular weight is 287 g/mol. The van der Waals surface area contributed by atoms with Crippen molar-refractivity contribution in [1.29, 1.82) is 0 Å². The van der Waals surface area contributed by atoms with Gasteiger partial charge in [0.05, 0.1) is 12.1 Å². The van der Waals surface area contributed by atoms with Gasteiger partial charge < -0.3 is 14.5 Å². The number of hydrogen-bond acceptors (Lipinski definition) is 3. The first-order chi connectivity index (χ1) is 10.2. The first-order valence-corrected chi connectivity index (χ1v) is 8.08. The molecule has 3 nitrogen and oxygen atoms in total. The molecule has 21 heavy (non-hydrogen) atoms. The van der Waals surface area contributed by atoms with Crippen LogP contribution < -0.4 is 5.32 Å². The quantitative estimate of drug-likeness (QED) is 0.894. The molecule has 3 rings (SSSR count). The van der Waals surface area contributed by atoms with Crippen LogP contribution in [0.4, 0.5) is 0 Å². The second-order valence-electron chi connectivity index (χ2n) is 6.02. The van der Waals surface area contributed by atoms with Crippen molar-refractivity contribution >= 4 is 11.0 Å². The summed E-state index contributed by atoms with van der Waals surface area (Å²) in [5.41, 5.74) is 2.31. The number of benzene rings is 1. The normalized spacial score (nSPS) is 21.8. The third-order valence-corrected chi connectivity index (χ3v) is 4.51. The molecule has 0 amide bonds. The third-order valence-electron chi connectivity index (χ3n) is 4.51. The Labute approximate surface area is 126 Å². The molecule has 1 aliphatic heterocycles. The van der Waals surface area contributed by atoms with Crippen molar-refractivity contribution in [3.8, 4) is 0 Å². The minimum Gasteiger partial charge on any atom is -0.459 e. The minimum atomic E-state index is 0.201. The first-order valence-electron chi connectivity index (χ1n) is 8.08. The van der Waals surface area contributed by atoms with Crippen molar-refractivity contribution in [2.45, 2.75) is 58.2 Å². The van der Waals surface area contributed by atoms with Gasteiger partial charge in [-0.15, -0.1) is 0 Å². The maximum Gasteiger partial charge on any atom is 0.134 e. The summed E-state index contributed by atoms with van der Waals surface area (Å²) >= 11 is 0. The highest BCUT2D eigenvalue weighted by Gasteiger charge is 2.26. The van der Waals surface area contributed by atoms with Crippen LogP contribution in [-0.2, 0) is 11.2 Å². The minimum absolute atomic E-state index is 0.201. The summed E-state index contributed by atoms with van der Waals surface area (Å²) in [6.45, 7) is 7.48. The van der Waals surface area contributed by atoms with Crippen molar-refractivity contribution < 1.29 is 9.15 Å². The Hall–Kier alpha value is -1.32. The van der Waals surface area contributed by atoms with E-state index >= 15 is 0 Å². The van der Waals surface area contributed by atoms with Crippen LogP contribution in [0.15, 0.2) is 28.7 Å². The Kier molecular flexibility index (Phi) is 4.32. The summed E-state index contributed by atoms with van der Waals surface area (Å²) in [5, 5.41) is 4.90. The van der Waals surface area contributed by atoms with Gasteiger partial charge in [-0.05, 0) is 39.2 Å². The molecular weight excluding hydrogens is 262 g/mol. The van der Waals surface area contributed by atoms with Crippen molar-refractivity contribution in [2.24, 2.45) is 0 Å². The summed E-state index contributed by atoms with van der Waals surface area (Å²) < 4.78 is 11.9. The van der Waals surface area contributed by atoms with E-state index in [0.29, 0.717) is 12.1 Å². The lowest BCUT2D eigenvalue weighted by Crippen LogP contribution is -2.38. The van der Waals surface area contributed by atoms with Gasteiger partial charge in [0.25, 0.3) is 0 Å². The van der Waals surface area contributed by atoms with E-state index in [4.69, 9.17) is 9.15 Å². The highest BCUT2D eigenvalue weighted by atomic mass is 16.5. The van der Waals surface area contributed by atoms with Crippen molar-refractivity contribution in [3.05, 3.63) is 35.6 Å². The molecule has 1 saturated heterocycles. The average Bonchev–Trinajstić information content (AvgIpc) is 3.14. The molecular formula is C18H25NO2. The van der Waals surface area contributed by atoms with Crippen LogP contribution in [0.1, 0.15) is 51.0 Å². The zero-order valence-corrected chi connectivity index (χ0v) is 13.2. The molecule has 3 unspecified atom stereocenters. The zero-order chi connectivity index (χ0) is 14.8. The number of hydrogen-bond donors (Lipinski definition) is 1. The second kappa shape index (κ2) is 6.20. The molecule has 3 heteroatoms. The maximum atomic E-state index is 6.11. The lowest BCUT2D eigenvalue weighted by Gasteiger charge is -2.24. The van der Waals surface area contributed by atoms with Gasteiger partial charge in [0.1, 0.15) is 11.3 Å². The topological polar surface area (TPSA) is 34.4 Å². The predicted octanol–water partition coefficient (Wildman–Crippen LogP) is 4.21. The second-order valence-corrected chi connectivity index (χ2v) is 6.02. The Balaban J connectivity index is 1.81. The number of nitrogens with one attached hydrogen (secondary N) is 1. The van der Waals surface area contributed by atoms with Crippen LogP contribution in [0, 0.1) is 0 Å². The SMILES string of the molecule is CCc1c(C(C)NC(C)C2CCCO2)oc2ccccc12. The number of ether oxygens (including phenoxy) is 1. The number of furan rings is 1. The van der Waals surface area contributed by atoms with Gasteiger partial charge in [0, 0.05) is 23.6 Å². The molecule has 3 atom stereocenters. The van der Waals surface area contributed by atoms with E-state index in [1.165, 1.54) is 17.4 Å². The van der Waals surface area contributed by atoms with Crippen molar-refractivity contribution in [1.82, 2.24) is 5.32 Å². The van der Waals surface area contributed by atoms with Gasteiger partial charge in [0.15, 0.2) is 0 Å². The van der Waals surface area contributed by atoms with E-state index in [2.05, 4.69) is 38.2 Å². The van der Waals surface area contributed by atoms with Gasteiger partial charge in [-0.1, -0.05) is 25.1 Å². The van der Waals surface area contributed by atoms with Gasteiger partial charge in [-0.3, -0.25) is 0 Å². The monoisotopic (exact) mass is 287 g/mol. The highest BCUT2D eigenvalue weighted by Crippen LogP contribution is 2.31. The predicted molar refractivity (Wildman–Crippen MR) is 85.6 cm³/mol. The Morgan fingerprint density at radius 3 is 2.81 bits per heavy atom. The van der Waals surface area contributed by atoms with E-state index in [9.17, 15) is 0 Å². The lowest BCUT2D eigenvalue weighted by molar-refractivity contribution is 0.0794. The molecule has 0 spiro atoms. The van der Waals surface area contributed by atoms with Gasteiger partial charge in [0.2, 0.25) is 0 Å². The molecule has 1 aromatic carbocycles. The summed E-state index contributed by atoms with van der Waals surface area (Å²) in [4.78, 5) is 0. The Morgan fingerprint density at radius 2 is 2.10 bits per heavy atom. The summed E-state index contributed by atoms with van der Waals surface area (Å²) in [6, 6.07) is 8.86. The maximum absolute atomic E-state index is 6.11. The fraction of sp³-hybridized carbons (Fsp3) is 0.556. The van der Waals surface area contributed by atoms with E-state index in [0.717, 1.165) is 30.8 Å². The molecule has 1 aliphatic rings. The van der Waals surface area contributed by atoms with Crippen LogP contribution in [-0.4, -0.2) is 18.8 Å². The molecule has 0 aliphatic carbocycles. The number of fused-ring (bicyclic) bond motifs is 1. The molecule has 2 aromatic rings. The van der Waals surface area contributed by atoms with Crippen LogP contribution in [0.2, 0.25) is 0 Å². The van der Waals surface area contributed by atoms with Crippen LogP contribution in [0.5, 0.6) is 0 Å². The number of para-hydroxylation sites is 1. The molecule has 1 fully saturated rings. The molecule has 0 saturated carbocycles. The van der Waals surface area contributed by atoms with Crippen LogP contribution >= 0.6 is 0 Å². The zero-order valence-electron chi connectivity index (χ0n) is 13.2. The smallest absolute Gasteiger partial charge is 0.134 e. The highest BCUT2D eigenvalue weighted by molar-refractivity contribution is 5.82. The Morgan fingerprint density at radius 1 is 1.29 bits per heavy atom. The number of aryl methyl sites for hydroxylation is 1. The molecule has 1 N–H and O–H groups in total. The molecule has 1 aromatic heterocycles. The van der Waals surface area contributed by atoms with E-state index in [-0.39, 0.29) is 6.04 Å². The molecule has 114 valence electrons. The van der Waals surface area contributed by atoms with Gasteiger partial charge in [-0.2, -0.15) is 0 Å². The summed E-state index contributed by atoms with van der Waals surface area (Å²) in [7, 11) is 0. The van der Waals surface area contributed by atoms with E-state index < -0.39 is 0 Å². The summed E-state index contributed by atoms with van der Waals surface area (Å²) in [5.74, 6) is 1.07. The van der Waals surface area contributed by atoms with E-state index in [1.54, 1.807) is 0 Å². The van der Waals surface area contributed by atoms with E-state index in [1.807, 2.05) is 12.1 Å². The molecule has 0 bridgehead atoms. The molecule has 2 heterocycles.